The molecule has 0 unspecified atom stereocenters. The van der Waals surface area contributed by atoms with Crippen LogP contribution in [0.3, 0.4) is 0 Å². The van der Waals surface area contributed by atoms with Gasteiger partial charge in [0, 0.05) is 23.9 Å². The van der Waals surface area contributed by atoms with E-state index in [4.69, 9.17) is 0 Å². The molecule has 1 aromatic carbocycles. The highest BCUT2D eigenvalue weighted by molar-refractivity contribution is 5.82. The molecule has 0 radical (unpaired) electrons. The molecule has 1 aromatic heterocycles. The maximum Gasteiger partial charge on any atom is 0.150 e. The van der Waals surface area contributed by atoms with E-state index in [1.54, 1.807) is 0 Å². The predicted molar refractivity (Wildman–Crippen MR) is 83.0 cm³/mol. The highest BCUT2D eigenvalue weighted by Crippen LogP contribution is 2.10. The van der Waals surface area contributed by atoms with Crippen LogP contribution in [-0.2, 0) is 6.42 Å². The summed E-state index contributed by atoms with van der Waals surface area (Å²) in [5.41, 5.74) is 6.19. The largest absolute Gasteiger partial charge is 0.261 e. The fraction of sp³-hybridized carbons (Fsp3) is 0.312. The second-order valence-electron chi connectivity index (χ2n) is 4.79. The molecule has 1 heterocycles. The molecule has 0 saturated carbocycles. The van der Waals surface area contributed by atoms with Gasteiger partial charge in [-0.3, -0.25) is 5.43 Å². The lowest BCUT2D eigenvalue weighted by molar-refractivity contribution is 0.940. The molecule has 0 aliphatic heterocycles. The number of benzene rings is 1. The zero-order chi connectivity index (χ0) is 14.4. The van der Waals surface area contributed by atoms with E-state index < -0.39 is 0 Å². The van der Waals surface area contributed by atoms with Crippen LogP contribution in [0, 0.1) is 6.92 Å². The van der Waals surface area contributed by atoms with Gasteiger partial charge in [-0.1, -0.05) is 37.3 Å². The standard InChI is InChI=1S/C16H20N4/c1-4-12(2)19-20-16-10-13(3)17-15(18-16)11-14-8-6-5-7-9-14/h5-10H,4,11H2,1-3H3,(H,17,18,20)/b19-12-. The van der Waals surface area contributed by atoms with Crippen molar-refractivity contribution in [1.82, 2.24) is 9.97 Å². The summed E-state index contributed by atoms with van der Waals surface area (Å²) in [6.07, 6.45) is 1.65. The van der Waals surface area contributed by atoms with Crippen LogP contribution in [0.25, 0.3) is 0 Å². The highest BCUT2D eigenvalue weighted by Gasteiger charge is 2.03. The van der Waals surface area contributed by atoms with Gasteiger partial charge in [-0.15, -0.1) is 0 Å². The Morgan fingerprint density at radius 1 is 1.20 bits per heavy atom. The molecule has 0 fully saturated rings. The minimum absolute atomic E-state index is 0.730. The van der Waals surface area contributed by atoms with Crippen LogP contribution in [0.1, 0.15) is 37.4 Å². The molecular formula is C16H20N4. The summed E-state index contributed by atoms with van der Waals surface area (Å²) >= 11 is 0. The number of hydrogen-bond donors (Lipinski definition) is 1. The smallest absolute Gasteiger partial charge is 0.150 e. The summed E-state index contributed by atoms with van der Waals surface area (Å²) in [5.74, 6) is 1.55. The fourth-order valence-electron chi connectivity index (χ4n) is 1.78. The average Bonchev–Trinajstić information content (AvgIpc) is 2.45. The van der Waals surface area contributed by atoms with Crippen molar-refractivity contribution in [2.75, 3.05) is 5.43 Å². The van der Waals surface area contributed by atoms with Gasteiger partial charge < -0.3 is 0 Å². The van der Waals surface area contributed by atoms with Gasteiger partial charge >= 0.3 is 0 Å². The summed E-state index contributed by atoms with van der Waals surface area (Å²) < 4.78 is 0. The van der Waals surface area contributed by atoms with Gasteiger partial charge in [0.2, 0.25) is 0 Å². The molecule has 104 valence electrons. The van der Waals surface area contributed by atoms with Crippen molar-refractivity contribution in [2.24, 2.45) is 5.10 Å². The van der Waals surface area contributed by atoms with Crippen molar-refractivity contribution in [1.29, 1.82) is 0 Å². The minimum atomic E-state index is 0.730. The number of aryl methyl sites for hydroxylation is 1. The van der Waals surface area contributed by atoms with Gasteiger partial charge in [-0.2, -0.15) is 5.10 Å². The zero-order valence-corrected chi connectivity index (χ0v) is 12.2. The van der Waals surface area contributed by atoms with Crippen molar-refractivity contribution in [3.8, 4) is 0 Å². The molecule has 1 N–H and O–H groups in total. The van der Waals surface area contributed by atoms with Crippen molar-refractivity contribution >= 4 is 11.5 Å². The third-order valence-electron chi connectivity index (χ3n) is 2.98. The van der Waals surface area contributed by atoms with E-state index in [1.165, 1.54) is 5.56 Å². The van der Waals surface area contributed by atoms with E-state index in [1.807, 2.05) is 38.1 Å². The molecule has 0 atom stereocenters. The van der Waals surface area contributed by atoms with Gasteiger partial charge in [-0.05, 0) is 25.8 Å². The second kappa shape index (κ2) is 6.80. The first-order valence-corrected chi connectivity index (χ1v) is 6.85. The van der Waals surface area contributed by atoms with E-state index in [0.717, 1.165) is 35.9 Å². The zero-order valence-electron chi connectivity index (χ0n) is 12.2. The van der Waals surface area contributed by atoms with E-state index in [-0.39, 0.29) is 0 Å². The average molecular weight is 268 g/mol. The summed E-state index contributed by atoms with van der Waals surface area (Å²) in [7, 11) is 0. The van der Waals surface area contributed by atoms with Gasteiger partial charge in [-0.25, -0.2) is 9.97 Å². The van der Waals surface area contributed by atoms with Crippen LogP contribution < -0.4 is 5.43 Å². The second-order valence-corrected chi connectivity index (χ2v) is 4.79. The topological polar surface area (TPSA) is 50.2 Å². The highest BCUT2D eigenvalue weighted by atomic mass is 15.3. The molecule has 0 bridgehead atoms. The molecule has 0 aliphatic carbocycles. The monoisotopic (exact) mass is 268 g/mol. The third kappa shape index (κ3) is 4.16. The fourth-order valence-corrected chi connectivity index (χ4v) is 1.78. The Balaban J connectivity index is 2.16. The molecule has 0 saturated heterocycles. The number of anilines is 1. The lowest BCUT2D eigenvalue weighted by Crippen LogP contribution is -2.04. The Labute approximate surface area is 120 Å². The molecule has 0 aliphatic rings. The number of aromatic nitrogens is 2. The minimum Gasteiger partial charge on any atom is -0.261 e. The molecule has 0 amide bonds. The lowest BCUT2D eigenvalue weighted by Gasteiger charge is -2.06. The Kier molecular flexibility index (Phi) is 4.82. The molecule has 4 nitrogen and oxygen atoms in total. The van der Waals surface area contributed by atoms with Crippen molar-refractivity contribution < 1.29 is 0 Å². The Hall–Kier alpha value is -2.23. The van der Waals surface area contributed by atoms with Gasteiger partial charge in [0.05, 0.1) is 0 Å². The normalized spacial score (nSPS) is 11.4. The van der Waals surface area contributed by atoms with Crippen LogP contribution >= 0.6 is 0 Å². The predicted octanol–water partition coefficient (Wildman–Crippen LogP) is 3.57. The summed E-state index contributed by atoms with van der Waals surface area (Å²) in [6.45, 7) is 6.04. The Bertz CT molecular complexity index is 591. The van der Waals surface area contributed by atoms with E-state index in [9.17, 15) is 0 Å². The van der Waals surface area contributed by atoms with Crippen LogP contribution in [-0.4, -0.2) is 15.7 Å². The summed E-state index contributed by atoms with van der Waals surface area (Å²) in [4.78, 5) is 8.98. The summed E-state index contributed by atoms with van der Waals surface area (Å²) in [6, 6.07) is 12.1. The van der Waals surface area contributed by atoms with Crippen LogP contribution in [0.15, 0.2) is 41.5 Å². The number of nitrogens with zero attached hydrogens (tertiary/aromatic N) is 3. The number of hydrazone groups is 1. The maximum absolute atomic E-state index is 4.51. The van der Waals surface area contributed by atoms with Gasteiger partial charge in [0.1, 0.15) is 11.6 Å². The Morgan fingerprint density at radius 3 is 2.65 bits per heavy atom. The quantitative estimate of drug-likeness (QED) is 0.666. The van der Waals surface area contributed by atoms with E-state index in [2.05, 4.69) is 39.6 Å². The number of hydrogen-bond acceptors (Lipinski definition) is 4. The third-order valence-corrected chi connectivity index (χ3v) is 2.98. The van der Waals surface area contributed by atoms with E-state index in [0.29, 0.717) is 0 Å². The Morgan fingerprint density at radius 2 is 1.95 bits per heavy atom. The molecule has 2 aromatic rings. The van der Waals surface area contributed by atoms with Crippen LogP contribution in [0.4, 0.5) is 5.82 Å². The molecule has 4 heteroatoms. The molecular weight excluding hydrogens is 248 g/mol. The van der Waals surface area contributed by atoms with Crippen molar-refractivity contribution in [3.05, 3.63) is 53.5 Å². The number of rotatable bonds is 5. The number of nitrogens with one attached hydrogen (secondary N) is 1. The summed E-state index contributed by atoms with van der Waals surface area (Å²) in [5, 5.41) is 4.28. The maximum atomic E-state index is 4.51. The van der Waals surface area contributed by atoms with Crippen LogP contribution in [0.5, 0.6) is 0 Å². The first kappa shape index (κ1) is 14.2. The van der Waals surface area contributed by atoms with Gasteiger partial charge in [0.25, 0.3) is 0 Å². The lowest BCUT2D eigenvalue weighted by atomic mass is 10.1. The SMILES string of the molecule is CC/C(C)=N\Nc1cc(C)nc(Cc2ccccc2)n1. The molecule has 2 rings (SSSR count). The van der Waals surface area contributed by atoms with Crippen LogP contribution in [0.2, 0.25) is 0 Å². The van der Waals surface area contributed by atoms with Crippen molar-refractivity contribution in [3.63, 3.8) is 0 Å². The first-order chi connectivity index (χ1) is 9.67. The first-order valence-electron chi connectivity index (χ1n) is 6.85. The van der Waals surface area contributed by atoms with Gasteiger partial charge in [0.15, 0.2) is 0 Å². The van der Waals surface area contributed by atoms with Crippen molar-refractivity contribution in [2.45, 2.75) is 33.6 Å². The molecule has 20 heavy (non-hydrogen) atoms. The van der Waals surface area contributed by atoms with E-state index >= 15 is 0 Å². The molecule has 0 spiro atoms.